The van der Waals surface area contributed by atoms with Gasteiger partial charge in [0.15, 0.2) is 0 Å². The summed E-state index contributed by atoms with van der Waals surface area (Å²) in [6.07, 6.45) is 2.41. The van der Waals surface area contributed by atoms with Crippen molar-refractivity contribution in [2.75, 3.05) is 6.54 Å². The third-order valence-corrected chi connectivity index (χ3v) is 4.14. The monoisotopic (exact) mass is 252 g/mol. The number of amides is 1. The van der Waals surface area contributed by atoms with E-state index >= 15 is 0 Å². The van der Waals surface area contributed by atoms with Gasteiger partial charge in [0.25, 0.3) is 0 Å². The Kier molecular flexibility index (Phi) is 2.88. The molecular weight excluding hydrogens is 235 g/mol. The molecule has 4 heteroatoms. The summed E-state index contributed by atoms with van der Waals surface area (Å²) in [7, 11) is 6.30. The third-order valence-electron chi connectivity index (χ3n) is 4.14. The fourth-order valence-corrected chi connectivity index (χ4v) is 3.04. The molecule has 2 heterocycles. The predicted molar refractivity (Wildman–Crippen MR) is 75.6 cm³/mol. The number of nitrogens with zero attached hydrogens (tertiary/aromatic N) is 1. The Morgan fingerprint density at radius 3 is 2.89 bits per heavy atom. The summed E-state index contributed by atoms with van der Waals surface area (Å²) in [6, 6.07) is 9.77. The van der Waals surface area contributed by atoms with Gasteiger partial charge in [-0.15, -0.1) is 0 Å². The first-order valence-corrected chi connectivity index (χ1v) is 6.71. The molecule has 2 radical (unpaired) electrons. The summed E-state index contributed by atoms with van der Waals surface area (Å²) in [4.78, 5) is 14.3. The second-order valence-electron chi connectivity index (χ2n) is 5.38. The van der Waals surface area contributed by atoms with Crippen molar-refractivity contribution in [2.24, 2.45) is 0 Å². The number of piperazine rings is 1. The normalized spacial score (nSPS) is 30.1. The molecule has 96 valence electrons. The highest BCUT2D eigenvalue weighted by molar-refractivity contribution is 6.19. The molecule has 2 aliphatic heterocycles. The van der Waals surface area contributed by atoms with Crippen LogP contribution in [-0.2, 0) is 11.2 Å². The van der Waals surface area contributed by atoms with Crippen LogP contribution in [0.1, 0.15) is 18.4 Å². The van der Waals surface area contributed by atoms with E-state index in [0.29, 0.717) is 6.42 Å². The number of carbonyl (C=O) groups excluding carboxylic acids is 1. The van der Waals surface area contributed by atoms with Gasteiger partial charge in [0.2, 0.25) is 5.91 Å². The molecule has 3 rings (SSSR count). The van der Waals surface area contributed by atoms with Crippen LogP contribution in [0.4, 0.5) is 0 Å². The Bertz CT molecular complexity index is 516. The Labute approximate surface area is 115 Å². The zero-order chi connectivity index (χ0) is 13.5. The van der Waals surface area contributed by atoms with E-state index < -0.39 is 5.44 Å². The van der Waals surface area contributed by atoms with Crippen LogP contribution in [0.2, 0.25) is 0 Å². The molecule has 0 spiro atoms. The van der Waals surface area contributed by atoms with Gasteiger partial charge in [0, 0.05) is 24.1 Å². The van der Waals surface area contributed by atoms with Gasteiger partial charge in [0.1, 0.15) is 13.9 Å². The van der Waals surface area contributed by atoms with E-state index in [2.05, 4.69) is 11.9 Å². The maximum Gasteiger partial charge on any atom is 0.245 e. The second-order valence-corrected chi connectivity index (χ2v) is 5.38. The number of hydrogen-bond donors (Lipinski definition) is 1. The highest BCUT2D eigenvalue weighted by atomic mass is 16.2. The van der Waals surface area contributed by atoms with Crippen LogP contribution in [0.3, 0.4) is 0 Å². The molecular formula is C15H17BN2O. The number of hydrogen-bond acceptors (Lipinski definition) is 2. The largest absolute Gasteiger partial charge is 0.376 e. The first-order valence-electron chi connectivity index (χ1n) is 6.71. The fourth-order valence-electron chi connectivity index (χ4n) is 3.04. The van der Waals surface area contributed by atoms with Gasteiger partial charge in [0.05, 0.1) is 0 Å². The number of rotatable bonds is 2. The Morgan fingerprint density at radius 2 is 2.16 bits per heavy atom. The van der Waals surface area contributed by atoms with E-state index in [9.17, 15) is 4.79 Å². The van der Waals surface area contributed by atoms with Crippen molar-refractivity contribution in [1.82, 2.24) is 10.2 Å². The van der Waals surface area contributed by atoms with E-state index in [1.54, 1.807) is 4.90 Å². The van der Waals surface area contributed by atoms with Crippen LogP contribution in [0, 0.1) is 0 Å². The molecule has 2 atom stereocenters. The van der Waals surface area contributed by atoms with Gasteiger partial charge in [-0.25, -0.2) is 0 Å². The van der Waals surface area contributed by atoms with Crippen molar-refractivity contribution in [2.45, 2.75) is 30.7 Å². The van der Waals surface area contributed by atoms with Crippen LogP contribution >= 0.6 is 0 Å². The lowest BCUT2D eigenvalue weighted by Gasteiger charge is -2.46. The molecule has 1 aromatic carbocycles. The van der Waals surface area contributed by atoms with Crippen molar-refractivity contribution >= 4 is 13.8 Å². The van der Waals surface area contributed by atoms with E-state index in [-0.39, 0.29) is 11.9 Å². The smallest absolute Gasteiger partial charge is 0.245 e. The van der Waals surface area contributed by atoms with E-state index in [1.165, 1.54) is 0 Å². The molecule has 0 unspecified atom stereocenters. The van der Waals surface area contributed by atoms with Gasteiger partial charge < -0.3 is 10.2 Å². The standard InChI is InChI=1S/C15H17BN2O/c1-11-15(16)8-5-9-18(15)14(19)13(17-11)10-12-6-3-2-4-7-12/h2-4,6-7,13,17H,1,5,8-10H2/t13-,15-/m0/s1. The predicted octanol–water partition coefficient (Wildman–Crippen LogP) is 1.20. The van der Waals surface area contributed by atoms with Gasteiger partial charge in [-0.2, -0.15) is 0 Å². The van der Waals surface area contributed by atoms with Crippen molar-refractivity contribution in [1.29, 1.82) is 0 Å². The summed E-state index contributed by atoms with van der Waals surface area (Å²) in [5.74, 6) is 0.0938. The van der Waals surface area contributed by atoms with Crippen molar-refractivity contribution in [3.8, 4) is 0 Å². The second kappa shape index (κ2) is 4.44. The molecule has 19 heavy (non-hydrogen) atoms. The molecule has 2 aliphatic rings. The number of fused-ring (bicyclic) bond motifs is 1. The molecule has 1 N–H and O–H groups in total. The third kappa shape index (κ3) is 1.95. The minimum atomic E-state index is -0.676. The van der Waals surface area contributed by atoms with Gasteiger partial charge in [-0.1, -0.05) is 36.9 Å². The van der Waals surface area contributed by atoms with Crippen LogP contribution in [0.25, 0.3) is 0 Å². The molecule has 0 aromatic heterocycles. The minimum Gasteiger partial charge on any atom is -0.376 e. The SMILES string of the molecule is [B][C@@]12CCCN1C(=O)[C@H](Cc1ccccc1)NC2=C. The first-order chi connectivity index (χ1) is 9.11. The quantitative estimate of drug-likeness (QED) is 0.802. The van der Waals surface area contributed by atoms with Gasteiger partial charge >= 0.3 is 0 Å². The van der Waals surface area contributed by atoms with Gasteiger partial charge in [-0.05, 0) is 18.4 Å². The molecule has 2 fully saturated rings. The zero-order valence-electron chi connectivity index (χ0n) is 10.9. The topological polar surface area (TPSA) is 32.3 Å². The summed E-state index contributed by atoms with van der Waals surface area (Å²) in [5.41, 5.74) is 1.24. The molecule has 2 saturated heterocycles. The Balaban J connectivity index is 1.81. The average molecular weight is 252 g/mol. The molecule has 1 amide bonds. The van der Waals surface area contributed by atoms with Crippen LogP contribution in [0.5, 0.6) is 0 Å². The molecule has 0 aliphatic carbocycles. The number of carbonyl (C=O) groups is 1. The molecule has 3 nitrogen and oxygen atoms in total. The van der Waals surface area contributed by atoms with E-state index in [1.807, 2.05) is 30.3 Å². The van der Waals surface area contributed by atoms with Crippen molar-refractivity contribution in [3.05, 3.63) is 48.2 Å². The molecule has 0 saturated carbocycles. The lowest BCUT2D eigenvalue weighted by molar-refractivity contribution is -0.136. The molecule has 0 bridgehead atoms. The molecule has 1 aromatic rings. The summed E-state index contributed by atoms with van der Waals surface area (Å²) in [6.45, 7) is 4.76. The number of benzene rings is 1. The van der Waals surface area contributed by atoms with Gasteiger partial charge in [-0.3, -0.25) is 4.79 Å². The van der Waals surface area contributed by atoms with E-state index in [4.69, 9.17) is 7.85 Å². The van der Waals surface area contributed by atoms with Crippen molar-refractivity contribution < 1.29 is 4.79 Å². The lowest BCUT2D eigenvalue weighted by atomic mass is 9.71. The van der Waals surface area contributed by atoms with E-state index in [0.717, 1.165) is 30.6 Å². The summed E-state index contributed by atoms with van der Waals surface area (Å²) < 4.78 is 0. The summed E-state index contributed by atoms with van der Waals surface area (Å²) in [5, 5.41) is 3.22. The zero-order valence-corrected chi connectivity index (χ0v) is 10.9. The summed E-state index contributed by atoms with van der Waals surface area (Å²) >= 11 is 0. The maximum atomic E-state index is 12.5. The first kappa shape index (κ1) is 12.3. The fraction of sp³-hybridized carbons (Fsp3) is 0.400. The average Bonchev–Trinajstić information content (AvgIpc) is 2.81. The van der Waals surface area contributed by atoms with Crippen molar-refractivity contribution in [3.63, 3.8) is 0 Å². The minimum absolute atomic E-state index is 0.0938. The number of nitrogens with one attached hydrogen (secondary N) is 1. The maximum absolute atomic E-state index is 12.5. The highest BCUT2D eigenvalue weighted by Crippen LogP contribution is 2.35. The Hall–Kier alpha value is -1.71. The van der Waals surface area contributed by atoms with Crippen LogP contribution < -0.4 is 5.32 Å². The lowest BCUT2D eigenvalue weighted by Crippen LogP contribution is -2.64. The van der Waals surface area contributed by atoms with Crippen LogP contribution in [0.15, 0.2) is 42.6 Å². The van der Waals surface area contributed by atoms with Crippen LogP contribution in [-0.4, -0.2) is 36.7 Å². The Morgan fingerprint density at radius 1 is 1.42 bits per heavy atom. The highest BCUT2D eigenvalue weighted by Gasteiger charge is 2.47.